The van der Waals surface area contributed by atoms with Crippen molar-refractivity contribution in [3.05, 3.63) is 83.5 Å². The molecule has 0 unspecified atom stereocenters. The Labute approximate surface area is 138 Å². The van der Waals surface area contributed by atoms with Gasteiger partial charge in [-0.3, -0.25) is 4.79 Å². The molecule has 1 N–H and O–H groups in total. The van der Waals surface area contributed by atoms with Gasteiger partial charge >= 0.3 is 5.91 Å². The van der Waals surface area contributed by atoms with Gasteiger partial charge in [-0.25, -0.2) is 4.98 Å². The number of ether oxygens (including phenoxy) is 1. The number of pyridine rings is 2. The molecule has 6 nitrogen and oxygen atoms in total. The predicted molar refractivity (Wildman–Crippen MR) is 88.8 cm³/mol. The molecule has 3 rings (SSSR count). The molecule has 3 aromatic rings. The van der Waals surface area contributed by atoms with Crippen molar-refractivity contribution in [1.29, 1.82) is 0 Å². The Morgan fingerprint density at radius 2 is 1.92 bits per heavy atom. The number of rotatable bonds is 4. The largest absolute Gasteiger partial charge is 0.618 e. The molecule has 0 atom stereocenters. The number of aromatic nitrogens is 2. The second kappa shape index (κ2) is 6.78. The van der Waals surface area contributed by atoms with Gasteiger partial charge in [-0.05, 0) is 31.2 Å². The average Bonchev–Trinajstić information content (AvgIpc) is 2.59. The number of hydrogen-bond acceptors (Lipinski definition) is 4. The second-order valence-corrected chi connectivity index (χ2v) is 5.17. The van der Waals surface area contributed by atoms with Crippen molar-refractivity contribution in [2.45, 2.75) is 6.92 Å². The first-order valence-electron chi connectivity index (χ1n) is 7.32. The van der Waals surface area contributed by atoms with Crippen LogP contribution in [0.2, 0.25) is 0 Å². The maximum absolute atomic E-state index is 12.1. The molecular formula is C18H15N3O3. The van der Waals surface area contributed by atoms with Gasteiger partial charge in [0.1, 0.15) is 5.75 Å². The summed E-state index contributed by atoms with van der Waals surface area (Å²) in [6.07, 6.45) is 2.74. The Bertz CT molecular complexity index is 846. The number of nitrogens with zero attached hydrogens (tertiary/aromatic N) is 2. The summed E-state index contributed by atoms with van der Waals surface area (Å²) in [7, 11) is 0. The first kappa shape index (κ1) is 15.5. The Hall–Kier alpha value is -3.41. The van der Waals surface area contributed by atoms with Crippen LogP contribution in [0.1, 0.15) is 16.1 Å². The van der Waals surface area contributed by atoms with Crippen LogP contribution in [0.25, 0.3) is 0 Å². The Kier molecular flexibility index (Phi) is 4.38. The normalized spacial score (nSPS) is 10.2. The van der Waals surface area contributed by atoms with Crippen LogP contribution in [-0.2, 0) is 0 Å². The molecule has 0 aliphatic rings. The molecule has 24 heavy (non-hydrogen) atoms. The van der Waals surface area contributed by atoms with E-state index in [2.05, 4.69) is 10.3 Å². The van der Waals surface area contributed by atoms with Crippen LogP contribution in [0.15, 0.2) is 67.0 Å². The van der Waals surface area contributed by atoms with Gasteiger partial charge in [-0.1, -0.05) is 17.7 Å². The van der Waals surface area contributed by atoms with Crippen LogP contribution >= 0.6 is 0 Å². The first-order valence-corrected chi connectivity index (χ1v) is 7.32. The summed E-state index contributed by atoms with van der Waals surface area (Å²) in [4.78, 5) is 16.2. The Balaban J connectivity index is 1.67. The molecule has 0 aliphatic heterocycles. The highest BCUT2D eigenvalue weighted by Gasteiger charge is 2.15. The lowest BCUT2D eigenvalue weighted by atomic mass is 10.2. The molecule has 6 heteroatoms. The minimum atomic E-state index is -0.500. The average molecular weight is 321 g/mol. The van der Waals surface area contributed by atoms with Crippen molar-refractivity contribution >= 4 is 11.6 Å². The molecule has 2 heterocycles. The number of anilines is 1. The highest BCUT2D eigenvalue weighted by Crippen LogP contribution is 2.20. The summed E-state index contributed by atoms with van der Waals surface area (Å²) in [6, 6.07) is 15.5. The Morgan fingerprint density at radius 3 is 2.58 bits per heavy atom. The summed E-state index contributed by atoms with van der Waals surface area (Å²) >= 11 is 0. The summed E-state index contributed by atoms with van der Waals surface area (Å²) in [6.45, 7) is 2.00. The van der Waals surface area contributed by atoms with Crippen LogP contribution in [0.5, 0.6) is 11.6 Å². The van der Waals surface area contributed by atoms with Crippen LogP contribution in [0.4, 0.5) is 5.69 Å². The van der Waals surface area contributed by atoms with E-state index in [0.717, 1.165) is 5.56 Å². The zero-order valence-electron chi connectivity index (χ0n) is 13.0. The van der Waals surface area contributed by atoms with E-state index in [1.165, 1.54) is 18.5 Å². The standard InChI is InChI=1S/C18H15N3O3/c1-13-5-8-15(9-6-13)24-17-10-7-14(12-19-17)20-18(22)16-4-2-3-11-21(16)23/h2-12H,1H3,(H,20,22). The van der Waals surface area contributed by atoms with Crippen LogP contribution in [-0.4, -0.2) is 10.9 Å². The maximum Gasteiger partial charge on any atom is 0.321 e. The Morgan fingerprint density at radius 1 is 1.12 bits per heavy atom. The number of carbonyl (C=O) groups excluding carboxylic acids is 1. The summed E-state index contributed by atoms with van der Waals surface area (Å²) < 4.78 is 6.13. The van der Waals surface area contributed by atoms with Gasteiger partial charge in [0.2, 0.25) is 5.88 Å². The van der Waals surface area contributed by atoms with Crippen molar-refractivity contribution in [2.24, 2.45) is 0 Å². The minimum absolute atomic E-state index is 0.0116. The van der Waals surface area contributed by atoms with Gasteiger partial charge in [-0.2, -0.15) is 4.73 Å². The highest BCUT2D eigenvalue weighted by molar-refractivity contribution is 6.01. The lowest BCUT2D eigenvalue weighted by Gasteiger charge is -2.07. The molecule has 2 aromatic heterocycles. The van der Waals surface area contributed by atoms with Crippen molar-refractivity contribution in [3.63, 3.8) is 0 Å². The molecule has 0 saturated carbocycles. The molecule has 0 spiro atoms. The second-order valence-electron chi connectivity index (χ2n) is 5.17. The van der Waals surface area contributed by atoms with E-state index < -0.39 is 5.91 Å². The minimum Gasteiger partial charge on any atom is -0.618 e. The first-order chi connectivity index (χ1) is 11.6. The SMILES string of the molecule is Cc1ccc(Oc2ccc(NC(=O)c3cccc[n+]3[O-])cn2)cc1. The number of carbonyl (C=O) groups is 1. The smallest absolute Gasteiger partial charge is 0.321 e. The molecule has 1 amide bonds. The van der Waals surface area contributed by atoms with E-state index >= 15 is 0 Å². The van der Waals surface area contributed by atoms with Gasteiger partial charge in [0.15, 0.2) is 6.20 Å². The fourth-order valence-corrected chi connectivity index (χ4v) is 2.04. The van der Waals surface area contributed by atoms with Crippen molar-refractivity contribution in [3.8, 4) is 11.6 Å². The fourth-order valence-electron chi connectivity index (χ4n) is 2.04. The number of nitrogens with one attached hydrogen (secondary N) is 1. The predicted octanol–water partition coefficient (Wildman–Crippen LogP) is 3.07. The fraction of sp³-hybridized carbons (Fsp3) is 0.0556. The van der Waals surface area contributed by atoms with E-state index in [0.29, 0.717) is 22.0 Å². The topological polar surface area (TPSA) is 78.2 Å². The molecule has 1 aromatic carbocycles. The highest BCUT2D eigenvalue weighted by atomic mass is 16.5. The van der Waals surface area contributed by atoms with Crippen molar-refractivity contribution in [1.82, 2.24) is 4.98 Å². The van der Waals surface area contributed by atoms with E-state index in [1.54, 1.807) is 24.3 Å². The van der Waals surface area contributed by atoms with Crippen LogP contribution < -0.4 is 14.8 Å². The quantitative estimate of drug-likeness (QED) is 0.592. The molecule has 0 radical (unpaired) electrons. The summed E-state index contributed by atoms with van der Waals surface area (Å²) in [5.74, 6) is 0.594. The van der Waals surface area contributed by atoms with E-state index in [-0.39, 0.29) is 5.69 Å². The van der Waals surface area contributed by atoms with Gasteiger partial charge in [0, 0.05) is 18.2 Å². The number of amides is 1. The molecule has 0 saturated heterocycles. The third kappa shape index (κ3) is 3.67. The third-order valence-electron chi connectivity index (χ3n) is 3.29. The summed E-state index contributed by atoms with van der Waals surface area (Å²) in [5, 5.41) is 14.2. The van der Waals surface area contributed by atoms with E-state index in [1.807, 2.05) is 31.2 Å². The van der Waals surface area contributed by atoms with Crippen LogP contribution in [0, 0.1) is 12.1 Å². The number of hydrogen-bond donors (Lipinski definition) is 1. The molecular weight excluding hydrogens is 306 g/mol. The molecule has 0 aliphatic carbocycles. The molecule has 0 fully saturated rings. The van der Waals surface area contributed by atoms with Crippen molar-refractivity contribution < 1.29 is 14.3 Å². The van der Waals surface area contributed by atoms with Gasteiger partial charge < -0.3 is 15.3 Å². The number of aryl methyl sites for hydroxylation is 1. The lowest BCUT2D eigenvalue weighted by molar-refractivity contribution is -0.607. The van der Waals surface area contributed by atoms with Gasteiger partial charge in [-0.15, -0.1) is 0 Å². The molecule has 0 bridgehead atoms. The summed E-state index contributed by atoms with van der Waals surface area (Å²) in [5.41, 5.74) is 1.63. The third-order valence-corrected chi connectivity index (χ3v) is 3.29. The van der Waals surface area contributed by atoms with Gasteiger partial charge in [0.25, 0.3) is 5.69 Å². The lowest BCUT2D eigenvalue weighted by Crippen LogP contribution is -2.36. The zero-order chi connectivity index (χ0) is 16.9. The van der Waals surface area contributed by atoms with Gasteiger partial charge in [0.05, 0.1) is 11.9 Å². The maximum atomic E-state index is 12.1. The number of benzene rings is 1. The van der Waals surface area contributed by atoms with Crippen molar-refractivity contribution in [2.75, 3.05) is 5.32 Å². The van der Waals surface area contributed by atoms with E-state index in [9.17, 15) is 10.0 Å². The van der Waals surface area contributed by atoms with E-state index in [4.69, 9.17) is 4.74 Å². The zero-order valence-corrected chi connectivity index (χ0v) is 13.0. The monoisotopic (exact) mass is 321 g/mol. The molecule has 120 valence electrons. The van der Waals surface area contributed by atoms with Crippen LogP contribution in [0.3, 0.4) is 0 Å².